The number of benzene rings is 1. The molecule has 0 amide bonds. The molecule has 0 radical (unpaired) electrons. The standard InChI is InChI=1S/C18H16F2N2O3S/c1-10(23)13-3-2-6-21-16(13)25-12-4-5-14-15(7-12)26-17(24)22(14)9-11-8-18(11,19)20/h2-7,10-11,23H,8-9H2,1H3. The van der Waals surface area contributed by atoms with E-state index in [0.29, 0.717) is 21.5 Å². The van der Waals surface area contributed by atoms with Crippen LogP contribution in [0.2, 0.25) is 0 Å². The lowest BCUT2D eigenvalue weighted by Crippen LogP contribution is -2.15. The molecule has 136 valence electrons. The topological polar surface area (TPSA) is 64.4 Å². The molecule has 1 fully saturated rings. The zero-order valence-electron chi connectivity index (χ0n) is 13.9. The van der Waals surface area contributed by atoms with Gasteiger partial charge < -0.3 is 9.84 Å². The van der Waals surface area contributed by atoms with Gasteiger partial charge in [-0.15, -0.1) is 0 Å². The molecule has 0 bridgehead atoms. The highest BCUT2D eigenvalue weighted by molar-refractivity contribution is 7.16. The molecule has 2 atom stereocenters. The van der Waals surface area contributed by atoms with Gasteiger partial charge in [-0.2, -0.15) is 0 Å². The van der Waals surface area contributed by atoms with Crippen molar-refractivity contribution in [1.29, 1.82) is 0 Å². The SMILES string of the molecule is CC(O)c1cccnc1Oc1ccc2c(c1)sc(=O)n2CC1CC1(F)F. The summed E-state index contributed by atoms with van der Waals surface area (Å²) in [6.07, 6.45) is 0.657. The first-order valence-electron chi connectivity index (χ1n) is 8.17. The fourth-order valence-electron chi connectivity index (χ4n) is 2.89. The van der Waals surface area contributed by atoms with Crippen LogP contribution < -0.4 is 9.61 Å². The van der Waals surface area contributed by atoms with Gasteiger partial charge in [0.05, 0.1) is 16.3 Å². The molecule has 26 heavy (non-hydrogen) atoms. The predicted octanol–water partition coefficient (Wildman–Crippen LogP) is 3.96. The number of hydrogen-bond donors (Lipinski definition) is 1. The van der Waals surface area contributed by atoms with Crippen molar-refractivity contribution < 1.29 is 18.6 Å². The van der Waals surface area contributed by atoms with Gasteiger partial charge in [-0.05, 0) is 31.2 Å². The molecule has 3 aromatic rings. The zero-order valence-corrected chi connectivity index (χ0v) is 14.7. The second-order valence-electron chi connectivity index (χ2n) is 6.45. The van der Waals surface area contributed by atoms with Gasteiger partial charge in [0.1, 0.15) is 5.75 Å². The number of rotatable bonds is 5. The Hall–Kier alpha value is -2.32. The maximum absolute atomic E-state index is 13.2. The number of nitrogens with zero attached hydrogens (tertiary/aromatic N) is 2. The van der Waals surface area contributed by atoms with E-state index in [9.17, 15) is 18.7 Å². The van der Waals surface area contributed by atoms with Crippen LogP contribution in [0.25, 0.3) is 10.2 Å². The van der Waals surface area contributed by atoms with Gasteiger partial charge in [0.25, 0.3) is 5.92 Å². The summed E-state index contributed by atoms with van der Waals surface area (Å²) >= 11 is 0.997. The van der Waals surface area contributed by atoms with Crippen molar-refractivity contribution in [1.82, 2.24) is 9.55 Å². The summed E-state index contributed by atoms with van der Waals surface area (Å²) in [5.41, 5.74) is 1.17. The lowest BCUT2D eigenvalue weighted by molar-refractivity contribution is 0.0952. The van der Waals surface area contributed by atoms with E-state index in [0.717, 1.165) is 11.3 Å². The fraction of sp³-hybridized carbons (Fsp3) is 0.333. The Labute approximate surface area is 151 Å². The number of hydrogen-bond acceptors (Lipinski definition) is 5. The van der Waals surface area contributed by atoms with Crippen LogP contribution >= 0.6 is 11.3 Å². The minimum absolute atomic E-state index is 0.0262. The van der Waals surface area contributed by atoms with Crippen molar-refractivity contribution in [3.8, 4) is 11.6 Å². The van der Waals surface area contributed by atoms with Gasteiger partial charge >= 0.3 is 4.87 Å². The monoisotopic (exact) mass is 378 g/mol. The number of aliphatic hydroxyl groups is 1. The van der Waals surface area contributed by atoms with Crippen LogP contribution in [0, 0.1) is 5.92 Å². The zero-order chi connectivity index (χ0) is 18.5. The Bertz CT molecular complexity index is 1030. The first-order chi connectivity index (χ1) is 12.3. The number of aliphatic hydroxyl groups excluding tert-OH is 1. The average molecular weight is 378 g/mol. The highest BCUT2D eigenvalue weighted by Gasteiger charge is 2.56. The molecule has 5 nitrogen and oxygen atoms in total. The summed E-state index contributed by atoms with van der Waals surface area (Å²) in [5.74, 6) is -2.68. The van der Waals surface area contributed by atoms with Crippen LogP contribution in [0.3, 0.4) is 0 Å². The van der Waals surface area contributed by atoms with Gasteiger partial charge in [-0.3, -0.25) is 9.36 Å². The molecule has 0 spiro atoms. The maximum atomic E-state index is 13.2. The molecular weight excluding hydrogens is 362 g/mol. The second kappa shape index (κ2) is 6.14. The van der Waals surface area contributed by atoms with Gasteiger partial charge in [0.15, 0.2) is 0 Å². The molecule has 8 heteroatoms. The lowest BCUT2D eigenvalue weighted by atomic mass is 10.2. The van der Waals surface area contributed by atoms with E-state index in [4.69, 9.17) is 4.74 Å². The largest absolute Gasteiger partial charge is 0.439 e. The number of alkyl halides is 2. The van der Waals surface area contributed by atoms with E-state index in [1.165, 1.54) is 4.57 Å². The Kier molecular flexibility index (Phi) is 4.04. The molecular formula is C18H16F2N2O3S. The second-order valence-corrected chi connectivity index (χ2v) is 7.44. The molecule has 1 aliphatic carbocycles. The number of fused-ring (bicyclic) bond motifs is 1. The molecule has 4 rings (SSSR count). The normalized spacial score (nSPS) is 19.5. The average Bonchev–Trinajstić information content (AvgIpc) is 3.07. The van der Waals surface area contributed by atoms with Crippen molar-refractivity contribution >= 4 is 21.6 Å². The number of pyridine rings is 1. The summed E-state index contributed by atoms with van der Waals surface area (Å²) in [4.78, 5) is 16.0. The third kappa shape index (κ3) is 3.10. The Morgan fingerprint density at radius 1 is 1.46 bits per heavy atom. The van der Waals surface area contributed by atoms with Gasteiger partial charge in [-0.1, -0.05) is 11.3 Å². The summed E-state index contributed by atoms with van der Waals surface area (Å²) < 4.78 is 34.2. The van der Waals surface area contributed by atoms with E-state index in [-0.39, 0.29) is 23.7 Å². The molecule has 2 heterocycles. The van der Waals surface area contributed by atoms with Crippen LogP contribution in [0.15, 0.2) is 41.3 Å². The highest BCUT2D eigenvalue weighted by atomic mass is 32.1. The highest BCUT2D eigenvalue weighted by Crippen LogP contribution is 2.49. The Morgan fingerprint density at radius 3 is 2.92 bits per heavy atom. The minimum Gasteiger partial charge on any atom is -0.439 e. The van der Waals surface area contributed by atoms with Gasteiger partial charge in [0, 0.05) is 36.7 Å². The molecule has 1 saturated carbocycles. The molecule has 0 aliphatic heterocycles. The minimum atomic E-state index is -2.66. The van der Waals surface area contributed by atoms with E-state index < -0.39 is 17.9 Å². The van der Waals surface area contributed by atoms with Crippen molar-refractivity contribution in [3.63, 3.8) is 0 Å². The summed E-state index contributed by atoms with van der Waals surface area (Å²) in [6.45, 7) is 1.64. The third-order valence-corrected chi connectivity index (χ3v) is 5.41. The Morgan fingerprint density at radius 2 is 2.23 bits per heavy atom. The van der Waals surface area contributed by atoms with Crippen molar-refractivity contribution in [2.75, 3.05) is 0 Å². The molecule has 2 unspecified atom stereocenters. The lowest BCUT2D eigenvalue weighted by Gasteiger charge is -2.11. The molecule has 0 saturated heterocycles. The summed E-state index contributed by atoms with van der Waals surface area (Å²) in [5, 5.41) is 9.80. The van der Waals surface area contributed by atoms with E-state index in [2.05, 4.69) is 4.98 Å². The van der Waals surface area contributed by atoms with Crippen LogP contribution in [-0.4, -0.2) is 20.6 Å². The predicted molar refractivity (Wildman–Crippen MR) is 94.1 cm³/mol. The smallest absolute Gasteiger partial charge is 0.308 e. The van der Waals surface area contributed by atoms with Crippen molar-refractivity contribution in [2.45, 2.75) is 31.9 Å². The van der Waals surface area contributed by atoms with E-state index in [1.807, 2.05) is 0 Å². The van der Waals surface area contributed by atoms with Crippen LogP contribution in [0.4, 0.5) is 8.78 Å². The molecule has 2 aromatic heterocycles. The first-order valence-corrected chi connectivity index (χ1v) is 8.99. The molecule has 1 aromatic carbocycles. The molecule has 1 N–H and O–H groups in total. The summed E-state index contributed by atoms with van der Waals surface area (Å²) in [6, 6.07) is 8.46. The van der Waals surface area contributed by atoms with E-state index in [1.54, 1.807) is 43.5 Å². The van der Waals surface area contributed by atoms with Crippen LogP contribution in [-0.2, 0) is 6.54 Å². The fourth-order valence-corrected chi connectivity index (χ4v) is 3.82. The number of thiazole rings is 1. The van der Waals surface area contributed by atoms with Crippen LogP contribution in [0.1, 0.15) is 25.0 Å². The first kappa shape index (κ1) is 17.1. The van der Waals surface area contributed by atoms with Crippen molar-refractivity contribution in [3.05, 3.63) is 51.8 Å². The third-order valence-electron chi connectivity index (χ3n) is 4.46. The quantitative estimate of drug-likeness (QED) is 0.730. The number of ether oxygens (including phenoxy) is 1. The molecule has 1 aliphatic rings. The number of halogens is 2. The van der Waals surface area contributed by atoms with Gasteiger partial charge in [0.2, 0.25) is 5.88 Å². The maximum Gasteiger partial charge on any atom is 0.308 e. The summed E-state index contributed by atoms with van der Waals surface area (Å²) in [7, 11) is 0. The number of aromatic nitrogens is 2. The van der Waals surface area contributed by atoms with Crippen molar-refractivity contribution in [2.24, 2.45) is 5.92 Å². The van der Waals surface area contributed by atoms with E-state index >= 15 is 0 Å². The Balaban J connectivity index is 1.64. The van der Waals surface area contributed by atoms with Crippen LogP contribution in [0.5, 0.6) is 11.6 Å². The van der Waals surface area contributed by atoms with Gasteiger partial charge in [-0.25, -0.2) is 13.8 Å².